The Kier molecular flexibility index (Phi) is 8.41. The molecule has 2 heterocycles. The van der Waals surface area contributed by atoms with Gasteiger partial charge in [0.25, 0.3) is 0 Å². The lowest BCUT2D eigenvalue weighted by Gasteiger charge is -2.36. The minimum Gasteiger partial charge on any atom is -0.380 e. The lowest BCUT2D eigenvalue weighted by molar-refractivity contribution is 0.451. The summed E-state index contributed by atoms with van der Waals surface area (Å²) in [6.45, 7) is 2.84. The molecule has 8 aromatic rings. The maximum atomic E-state index is 4.80. The summed E-state index contributed by atoms with van der Waals surface area (Å²) in [5, 5.41) is 18.6. The molecule has 0 aliphatic rings. The third-order valence-electron chi connectivity index (χ3n) is 9.41. The zero-order chi connectivity index (χ0) is 33.8. The number of nitrogens with one attached hydrogen (secondary N) is 1. The van der Waals surface area contributed by atoms with Crippen LogP contribution < -0.4 is 5.32 Å². The van der Waals surface area contributed by atoms with Crippen molar-refractivity contribution in [1.82, 2.24) is 25.2 Å². The standard InChI is InChI=1S/C44H36N6/c1-2-37-30-42(40-24-14-15-25-41(40)46-37)45-31-32-26-28-33(29-27-32)38-22-12-13-23-39(38)43-47-48-49-50(43)44(34-16-6-3-7-17-34,35-18-8-4-9-19-35)36-20-10-5-11-21-36/h3-30H,2,31H2,1H3,(H,45,46). The van der Waals surface area contributed by atoms with E-state index in [0.717, 1.165) is 62.1 Å². The van der Waals surface area contributed by atoms with Gasteiger partial charge in [0.05, 0.1) is 5.52 Å². The second kappa shape index (κ2) is 13.6. The molecule has 1 N–H and O–H groups in total. The topological polar surface area (TPSA) is 68.5 Å². The predicted octanol–water partition coefficient (Wildman–Crippen LogP) is 9.57. The van der Waals surface area contributed by atoms with Crippen LogP contribution in [0.1, 0.15) is 34.9 Å². The van der Waals surface area contributed by atoms with Crippen LogP contribution in [-0.4, -0.2) is 25.2 Å². The fourth-order valence-corrected chi connectivity index (χ4v) is 6.97. The van der Waals surface area contributed by atoms with E-state index in [1.807, 2.05) is 28.9 Å². The van der Waals surface area contributed by atoms with Crippen molar-refractivity contribution in [2.24, 2.45) is 0 Å². The predicted molar refractivity (Wildman–Crippen MR) is 202 cm³/mol. The number of tetrazole rings is 1. The molecule has 0 saturated carbocycles. The molecule has 6 heteroatoms. The fourth-order valence-electron chi connectivity index (χ4n) is 6.97. The van der Waals surface area contributed by atoms with Gasteiger partial charge in [-0.2, -0.15) is 0 Å². The quantitative estimate of drug-likeness (QED) is 0.150. The molecule has 2 aromatic heterocycles. The second-order valence-electron chi connectivity index (χ2n) is 12.4. The van der Waals surface area contributed by atoms with Crippen molar-refractivity contribution in [3.05, 3.63) is 198 Å². The Bertz CT molecular complexity index is 2250. The Morgan fingerprint density at radius 2 is 1.16 bits per heavy atom. The first-order valence-corrected chi connectivity index (χ1v) is 17.0. The molecule has 0 fully saturated rings. The second-order valence-corrected chi connectivity index (χ2v) is 12.4. The van der Waals surface area contributed by atoms with Crippen LogP contribution >= 0.6 is 0 Å². The Morgan fingerprint density at radius 1 is 0.600 bits per heavy atom. The maximum Gasteiger partial charge on any atom is 0.184 e. The van der Waals surface area contributed by atoms with Crippen molar-refractivity contribution < 1.29 is 0 Å². The van der Waals surface area contributed by atoms with Gasteiger partial charge >= 0.3 is 0 Å². The maximum absolute atomic E-state index is 4.80. The van der Waals surface area contributed by atoms with E-state index in [9.17, 15) is 0 Å². The smallest absolute Gasteiger partial charge is 0.184 e. The van der Waals surface area contributed by atoms with Crippen LogP contribution in [0.2, 0.25) is 0 Å². The number of hydrogen-bond donors (Lipinski definition) is 1. The normalized spacial score (nSPS) is 11.5. The Hall–Kier alpha value is -6.40. The van der Waals surface area contributed by atoms with Crippen LogP contribution in [0, 0.1) is 0 Å². The van der Waals surface area contributed by atoms with Crippen LogP contribution in [0.5, 0.6) is 0 Å². The summed E-state index contributed by atoms with van der Waals surface area (Å²) < 4.78 is 1.99. The van der Waals surface area contributed by atoms with E-state index in [4.69, 9.17) is 15.3 Å². The van der Waals surface area contributed by atoms with Gasteiger partial charge in [-0.3, -0.25) is 4.98 Å². The van der Waals surface area contributed by atoms with Crippen molar-refractivity contribution in [2.45, 2.75) is 25.4 Å². The summed E-state index contributed by atoms with van der Waals surface area (Å²) in [7, 11) is 0. The third-order valence-corrected chi connectivity index (χ3v) is 9.41. The number of anilines is 1. The van der Waals surface area contributed by atoms with Crippen molar-refractivity contribution in [3.8, 4) is 22.5 Å². The van der Waals surface area contributed by atoms with Crippen molar-refractivity contribution >= 4 is 16.6 Å². The number of benzene rings is 6. The zero-order valence-corrected chi connectivity index (χ0v) is 27.8. The summed E-state index contributed by atoms with van der Waals surface area (Å²) in [6.07, 6.45) is 0.889. The number of aromatic nitrogens is 5. The zero-order valence-electron chi connectivity index (χ0n) is 27.8. The number of pyridine rings is 1. The molecule has 242 valence electrons. The molecule has 0 amide bonds. The molecule has 0 atom stereocenters. The van der Waals surface area contributed by atoms with Crippen molar-refractivity contribution in [1.29, 1.82) is 0 Å². The molecule has 0 aliphatic carbocycles. The van der Waals surface area contributed by atoms with E-state index in [1.54, 1.807) is 0 Å². The molecule has 0 spiro atoms. The molecule has 8 rings (SSSR count). The Morgan fingerprint density at radius 3 is 1.78 bits per heavy atom. The highest BCUT2D eigenvalue weighted by Crippen LogP contribution is 2.43. The van der Waals surface area contributed by atoms with Gasteiger partial charge in [-0.25, -0.2) is 4.68 Å². The molecular weight excluding hydrogens is 613 g/mol. The molecule has 0 radical (unpaired) electrons. The number of rotatable bonds is 10. The van der Waals surface area contributed by atoms with Crippen LogP contribution in [0.3, 0.4) is 0 Å². The van der Waals surface area contributed by atoms with E-state index in [-0.39, 0.29) is 0 Å². The van der Waals surface area contributed by atoms with Crippen molar-refractivity contribution in [2.75, 3.05) is 5.32 Å². The number of aryl methyl sites for hydroxylation is 1. The molecule has 0 saturated heterocycles. The summed E-state index contributed by atoms with van der Waals surface area (Å²) >= 11 is 0. The number of para-hydroxylation sites is 1. The van der Waals surface area contributed by atoms with Gasteiger partial charge < -0.3 is 5.32 Å². The van der Waals surface area contributed by atoms with E-state index >= 15 is 0 Å². The van der Waals surface area contributed by atoms with Crippen molar-refractivity contribution in [3.63, 3.8) is 0 Å². The van der Waals surface area contributed by atoms with Crippen LogP contribution in [-0.2, 0) is 18.5 Å². The summed E-state index contributed by atoms with van der Waals surface area (Å²) in [6, 6.07) is 59.1. The molecule has 50 heavy (non-hydrogen) atoms. The lowest BCUT2D eigenvalue weighted by atomic mass is 9.77. The first kappa shape index (κ1) is 30.9. The average Bonchev–Trinajstić information content (AvgIpc) is 3.69. The van der Waals surface area contributed by atoms with Gasteiger partial charge in [-0.15, -0.1) is 5.10 Å². The van der Waals surface area contributed by atoms with Crippen LogP contribution in [0.25, 0.3) is 33.4 Å². The van der Waals surface area contributed by atoms with E-state index in [0.29, 0.717) is 12.4 Å². The number of hydrogen-bond acceptors (Lipinski definition) is 5. The highest BCUT2D eigenvalue weighted by atomic mass is 15.6. The molecule has 6 nitrogen and oxygen atoms in total. The van der Waals surface area contributed by atoms with Gasteiger partial charge in [-0.05, 0) is 62.4 Å². The van der Waals surface area contributed by atoms with Crippen LogP contribution in [0.15, 0.2) is 170 Å². The number of nitrogens with zero attached hydrogens (tertiary/aromatic N) is 5. The fraction of sp³-hybridized carbons (Fsp3) is 0.0909. The average molecular weight is 649 g/mol. The van der Waals surface area contributed by atoms with Gasteiger partial charge in [0, 0.05) is 28.9 Å². The van der Waals surface area contributed by atoms with E-state index in [1.165, 1.54) is 5.56 Å². The summed E-state index contributed by atoms with van der Waals surface area (Å²) in [4.78, 5) is 4.80. The highest BCUT2D eigenvalue weighted by Gasteiger charge is 2.42. The highest BCUT2D eigenvalue weighted by molar-refractivity contribution is 5.91. The van der Waals surface area contributed by atoms with E-state index in [2.05, 4.69) is 163 Å². The van der Waals surface area contributed by atoms with Gasteiger partial charge in [-0.1, -0.05) is 165 Å². The summed E-state index contributed by atoms with van der Waals surface area (Å²) in [5.74, 6) is 0.680. The summed E-state index contributed by atoms with van der Waals surface area (Å²) in [5.41, 5.74) is 9.83. The monoisotopic (exact) mass is 648 g/mol. The first-order valence-electron chi connectivity index (χ1n) is 17.0. The minimum atomic E-state index is -0.833. The number of fused-ring (bicyclic) bond motifs is 1. The van der Waals surface area contributed by atoms with Crippen LogP contribution in [0.4, 0.5) is 5.69 Å². The van der Waals surface area contributed by atoms with Gasteiger partial charge in [0.15, 0.2) is 5.82 Å². The SMILES string of the molecule is CCc1cc(NCc2ccc(-c3ccccc3-c3nnnn3C(c3ccccc3)(c3ccccc3)c3ccccc3)cc2)c2ccccc2n1. The molecule has 6 aromatic carbocycles. The van der Waals surface area contributed by atoms with Gasteiger partial charge in [0.1, 0.15) is 5.54 Å². The first-order chi connectivity index (χ1) is 24.8. The Labute approximate surface area is 292 Å². The molecule has 0 unspecified atom stereocenters. The molecule has 0 bridgehead atoms. The van der Waals surface area contributed by atoms with Gasteiger partial charge in [0.2, 0.25) is 0 Å². The third kappa shape index (κ3) is 5.61. The molecule has 0 aliphatic heterocycles. The Balaban J connectivity index is 1.19. The largest absolute Gasteiger partial charge is 0.380 e. The van der Waals surface area contributed by atoms with E-state index < -0.39 is 5.54 Å². The molecular formula is C44H36N6. The lowest BCUT2D eigenvalue weighted by Crippen LogP contribution is -2.39. The minimum absolute atomic E-state index is 0.680.